The van der Waals surface area contributed by atoms with Crippen molar-refractivity contribution < 1.29 is 42.1 Å². The summed E-state index contributed by atoms with van der Waals surface area (Å²) in [7, 11) is 1.11. The molecule has 0 saturated heterocycles. The van der Waals surface area contributed by atoms with Gasteiger partial charge in [-0.3, -0.25) is 9.36 Å². The summed E-state index contributed by atoms with van der Waals surface area (Å²) in [5, 5.41) is 0. The van der Waals surface area contributed by atoms with Gasteiger partial charge < -0.3 is 27.9 Å². The van der Waals surface area contributed by atoms with Gasteiger partial charge in [-0.05, 0) is 44.9 Å². The molecule has 0 amide bonds. The number of quaternary nitrogens is 1. The molecule has 9 nitrogen and oxygen atoms in total. The summed E-state index contributed by atoms with van der Waals surface area (Å²) < 4.78 is 33.6. The Morgan fingerprint density at radius 2 is 1.17 bits per heavy atom. The van der Waals surface area contributed by atoms with Crippen LogP contribution in [0.5, 0.6) is 0 Å². The summed E-state index contributed by atoms with van der Waals surface area (Å²) >= 11 is 0. The van der Waals surface area contributed by atoms with Gasteiger partial charge in [0.1, 0.15) is 19.8 Å². The van der Waals surface area contributed by atoms with E-state index in [1.807, 2.05) is 33.3 Å². The molecule has 0 aliphatic carbocycles. The quantitative estimate of drug-likeness (QED) is 0.0117. The van der Waals surface area contributed by atoms with Crippen molar-refractivity contribution in [1.29, 1.82) is 0 Å². The Labute approximate surface area is 324 Å². The number of carbonyl (C=O) groups excluding carboxylic acids is 2. The van der Waals surface area contributed by atoms with E-state index in [-0.39, 0.29) is 19.6 Å². The van der Waals surface area contributed by atoms with E-state index in [1.165, 1.54) is 83.1 Å². The first-order valence-corrected chi connectivity index (χ1v) is 22.3. The molecule has 0 spiro atoms. The average molecular weight is 768 g/mol. The first kappa shape index (κ1) is 51.0. The van der Waals surface area contributed by atoms with Crippen LogP contribution in [0.15, 0.2) is 48.6 Å². The number of nitrogens with zero attached hydrogens (tertiary/aromatic N) is 1. The largest absolute Gasteiger partial charge is 0.756 e. The monoisotopic (exact) mass is 768 g/mol. The van der Waals surface area contributed by atoms with Crippen LogP contribution in [0.25, 0.3) is 0 Å². The van der Waals surface area contributed by atoms with Gasteiger partial charge in [0.15, 0.2) is 6.10 Å². The van der Waals surface area contributed by atoms with Crippen molar-refractivity contribution in [2.75, 3.05) is 47.5 Å². The maximum atomic E-state index is 12.6. The van der Waals surface area contributed by atoms with Crippen LogP contribution in [0.4, 0.5) is 0 Å². The Morgan fingerprint density at radius 1 is 0.642 bits per heavy atom. The van der Waals surface area contributed by atoms with Crippen LogP contribution in [0.2, 0.25) is 0 Å². The van der Waals surface area contributed by atoms with E-state index < -0.39 is 32.5 Å². The number of carbonyl (C=O) groups is 2. The van der Waals surface area contributed by atoms with Crippen LogP contribution < -0.4 is 4.89 Å². The maximum absolute atomic E-state index is 12.6. The number of phosphoric ester groups is 1. The standard InChI is InChI=1S/C43H78NO8P/c1-6-8-10-12-14-16-18-20-22-24-25-27-29-31-33-35-42(45)49-39-41(40-51-53(47,48)50-38-37-44(3,4)5)52-43(46)36-34-32-30-28-26-23-21-19-17-15-13-11-9-7-2/h13,15,19,21,29,31,33,35,41H,6-12,14,16-18,20,22-28,30,32,34,36-40H2,1-5H3/b15-13+,21-19+,31-29+,35-33+/t41-/m1/s1. The Balaban J connectivity index is 4.52. The van der Waals surface area contributed by atoms with Gasteiger partial charge in [-0.15, -0.1) is 0 Å². The summed E-state index contributed by atoms with van der Waals surface area (Å²) in [5.41, 5.74) is 0. The molecule has 10 heteroatoms. The third kappa shape index (κ3) is 39.5. The Kier molecular flexibility index (Phi) is 34.3. The lowest BCUT2D eigenvalue weighted by molar-refractivity contribution is -0.870. The molecule has 0 aromatic rings. The molecule has 0 N–H and O–H groups in total. The highest BCUT2D eigenvalue weighted by atomic mass is 31.2. The number of ether oxygens (including phenoxy) is 2. The van der Waals surface area contributed by atoms with E-state index in [0.29, 0.717) is 17.4 Å². The molecule has 0 aromatic carbocycles. The van der Waals surface area contributed by atoms with Crippen molar-refractivity contribution in [3.63, 3.8) is 0 Å². The lowest BCUT2D eigenvalue weighted by Crippen LogP contribution is -2.37. The van der Waals surface area contributed by atoms with Crippen molar-refractivity contribution in [1.82, 2.24) is 0 Å². The van der Waals surface area contributed by atoms with Crippen LogP contribution in [0.3, 0.4) is 0 Å². The van der Waals surface area contributed by atoms with E-state index in [4.69, 9.17) is 18.5 Å². The molecule has 1 unspecified atom stereocenters. The van der Waals surface area contributed by atoms with E-state index in [2.05, 4.69) is 38.2 Å². The SMILES string of the molecule is CCCC/C=C/C/C=C/CCCCCCCC(=O)O[C@H](COC(=O)/C=C/C=C/CCCCCCCCCCCCC)COP(=O)([O-])OCC[N+](C)(C)C. The number of rotatable bonds is 37. The van der Waals surface area contributed by atoms with Crippen molar-refractivity contribution in [2.24, 2.45) is 0 Å². The van der Waals surface area contributed by atoms with Crippen molar-refractivity contribution >= 4 is 19.8 Å². The topological polar surface area (TPSA) is 111 Å². The molecule has 0 saturated carbocycles. The van der Waals surface area contributed by atoms with Crippen molar-refractivity contribution in [2.45, 2.75) is 168 Å². The van der Waals surface area contributed by atoms with E-state index >= 15 is 0 Å². The van der Waals surface area contributed by atoms with Gasteiger partial charge >= 0.3 is 11.9 Å². The van der Waals surface area contributed by atoms with Gasteiger partial charge in [0.05, 0.1) is 27.7 Å². The zero-order chi connectivity index (χ0) is 39.3. The number of esters is 2. The molecule has 0 heterocycles. The molecule has 0 aliphatic rings. The van der Waals surface area contributed by atoms with Gasteiger partial charge in [-0.25, -0.2) is 4.79 Å². The first-order valence-electron chi connectivity index (χ1n) is 20.9. The molecule has 0 bridgehead atoms. The van der Waals surface area contributed by atoms with Gasteiger partial charge in [-0.2, -0.15) is 0 Å². The van der Waals surface area contributed by atoms with E-state index in [0.717, 1.165) is 57.8 Å². The summed E-state index contributed by atoms with van der Waals surface area (Å²) in [6.45, 7) is 4.02. The van der Waals surface area contributed by atoms with E-state index in [9.17, 15) is 19.0 Å². The fourth-order valence-corrected chi connectivity index (χ4v) is 6.08. The Hall–Kier alpha value is -2.03. The minimum atomic E-state index is -4.64. The highest BCUT2D eigenvalue weighted by Crippen LogP contribution is 2.38. The number of unbranched alkanes of at least 4 members (excludes halogenated alkanes) is 18. The van der Waals surface area contributed by atoms with Gasteiger partial charge in [0, 0.05) is 12.5 Å². The average Bonchev–Trinajstić information content (AvgIpc) is 3.10. The fourth-order valence-electron chi connectivity index (χ4n) is 5.35. The zero-order valence-corrected chi connectivity index (χ0v) is 35.3. The molecule has 0 rings (SSSR count). The molecule has 0 aliphatic heterocycles. The normalized spacial score (nSPS) is 14.2. The third-order valence-electron chi connectivity index (χ3n) is 8.68. The second-order valence-electron chi connectivity index (χ2n) is 15.1. The Bertz CT molecular complexity index is 1050. The van der Waals surface area contributed by atoms with E-state index in [1.54, 1.807) is 6.08 Å². The van der Waals surface area contributed by atoms with Crippen molar-refractivity contribution in [3.8, 4) is 0 Å². The third-order valence-corrected chi connectivity index (χ3v) is 9.64. The van der Waals surface area contributed by atoms with Gasteiger partial charge in [-0.1, -0.05) is 153 Å². The minimum Gasteiger partial charge on any atom is -0.756 e. The number of phosphoric acid groups is 1. The number of hydrogen-bond donors (Lipinski definition) is 0. The van der Waals surface area contributed by atoms with Gasteiger partial charge in [0.25, 0.3) is 7.82 Å². The first-order chi connectivity index (χ1) is 25.5. The van der Waals surface area contributed by atoms with Crippen LogP contribution >= 0.6 is 7.82 Å². The highest BCUT2D eigenvalue weighted by Gasteiger charge is 2.21. The highest BCUT2D eigenvalue weighted by molar-refractivity contribution is 7.45. The summed E-state index contributed by atoms with van der Waals surface area (Å²) in [6.07, 6.45) is 40.5. The fraction of sp³-hybridized carbons (Fsp3) is 0.767. The number of allylic oxidation sites excluding steroid dienone is 7. The second-order valence-corrected chi connectivity index (χ2v) is 16.5. The summed E-state index contributed by atoms with van der Waals surface area (Å²) in [6, 6.07) is 0. The molecule has 0 fully saturated rings. The lowest BCUT2D eigenvalue weighted by atomic mass is 10.1. The predicted molar refractivity (Wildman–Crippen MR) is 217 cm³/mol. The molecule has 0 aromatic heterocycles. The number of hydrogen-bond acceptors (Lipinski definition) is 8. The van der Waals surface area contributed by atoms with Crippen LogP contribution in [0, 0.1) is 0 Å². The molecule has 308 valence electrons. The van der Waals surface area contributed by atoms with Crippen molar-refractivity contribution in [3.05, 3.63) is 48.6 Å². The summed E-state index contributed by atoms with van der Waals surface area (Å²) in [4.78, 5) is 37.3. The number of likely N-dealkylation sites (N-methyl/N-ethyl adjacent to an activating group) is 1. The molecule has 0 radical (unpaired) electrons. The van der Waals surface area contributed by atoms with Crippen LogP contribution in [-0.4, -0.2) is 70.0 Å². The lowest BCUT2D eigenvalue weighted by Gasteiger charge is -2.28. The Morgan fingerprint density at radius 3 is 1.75 bits per heavy atom. The molecular formula is C43H78NO8P. The molecule has 53 heavy (non-hydrogen) atoms. The minimum absolute atomic E-state index is 0.0476. The van der Waals surface area contributed by atoms with Gasteiger partial charge in [0.2, 0.25) is 0 Å². The van der Waals surface area contributed by atoms with Crippen LogP contribution in [-0.2, 0) is 32.7 Å². The smallest absolute Gasteiger partial charge is 0.330 e. The second kappa shape index (κ2) is 35.7. The molecule has 2 atom stereocenters. The zero-order valence-electron chi connectivity index (χ0n) is 34.4. The summed E-state index contributed by atoms with van der Waals surface area (Å²) in [5.74, 6) is -1.11. The van der Waals surface area contributed by atoms with Crippen LogP contribution in [0.1, 0.15) is 162 Å². The maximum Gasteiger partial charge on any atom is 0.330 e. The molecular weight excluding hydrogens is 689 g/mol. The predicted octanol–water partition coefficient (Wildman–Crippen LogP) is 10.9.